The molecule has 0 aliphatic carbocycles. The van der Waals surface area contributed by atoms with Gasteiger partial charge in [0.1, 0.15) is 0 Å². The predicted molar refractivity (Wildman–Crippen MR) is 32.6 cm³/mol. The highest BCUT2D eigenvalue weighted by Crippen LogP contribution is 2.25. The van der Waals surface area contributed by atoms with Gasteiger partial charge in [-0.05, 0) is 13.0 Å². The molecule has 2 nitrogen and oxygen atoms in total. The van der Waals surface area contributed by atoms with Crippen molar-refractivity contribution in [1.29, 1.82) is 0 Å². The van der Waals surface area contributed by atoms with E-state index >= 15 is 0 Å². The Kier molecular flexibility index (Phi) is 1.54. The molecule has 0 spiro atoms. The summed E-state index contributed by atoms with van der Waals surface area (Å²) in [7, 11) is 0. The topological polar surface area (TPSA) is 35.2 Å². The first-order valence-corrected chi connectivity index (χ1v) is 3.05. The Balaban J connectivity index is 2.40. The maximum absolute atomic E-state index is 5.49. The minimum Gasteiger partial charge on any atom is -0.381 e. The Hall–Kier alpha value is -0.0800. The Morgan fingerprint density at radius 2 is 2.50 bits per heavy atom. The normalized spacial score (nSPS) is 38.2. The zero-order valence-electron chi connectivity index (χ0n) is 5.31. The molecule has 0 amide bonds. The molecule has 0 aromatic heterocycles. The van der Waals surface area contributed by atoms with Crippen molar-refractivity contribution in [2.45, 2.75) is 13.3 Å². The maximum atomic E-state index is 5.49. The van der Waals surface area contributed by atoms with Gasteiger partial charge in [0.15, 0.2) is 0 Å². The molecular weight excluding hydrogens is 102 g/mol. The van der Waals surface area contributed by atoms with E-state index in [9.17, 15) is 0 Å². The van der Waals surface area contributed by atoms with Crippen LogP contribution < -0.4 is 5.73 Å². The van der Waals surface area contributed by atoms with Crippen molar-refractivity contribution in [2.75, 3.05) is 19.8 Å². The minimum absolute atomic E-state index is 0.292. The molecular formula is C6H13NO. The molecule has 0 radical (unpaired) electrons. The third-order valence-electron chi connectivity index (χ3n) is 1.79. The summed E-state index contributed by atoms with van der Waals surface area (Å²) in [5, 5.41) is 0. The lowest BCUT2D eigenvalue weighted by Crippen LogP contribution is -2.26. The molecule has 1 unspecified atom stereocenters. The van der Waals surface area contributed by atoms with Crippen molar-refractivity contribution in [1.82, 2.24) is 0 Å². The standard InChI is InChI=1S/C6H13NO/c1-6(4-7)2-3-8-5-6/h2-5,7H2,1H3. The van der Waals surface area contributed by atoms with E-state index in [4.69, 9.17) is 10.5 Å². The monoisotopic (exact) mass is 115 g/mol. The van der Waals surface area contributed by atoms with Crippen molar-refractivity contribution in [3.8, 4) is 0 Å². The van der Waals surface area contributed by atoms with Gasteiger partial charge in [-0.2, -0.15) is 0 Å². The fourth-order valence-corrected chi connectivity index (χ4v) is 0.870. The quantitative estimate of drug-likeness (QED) is 0.536. The van der Waals surface area contributed by atoms with Crippen molar-refractivity contribution in [2.24, 2.45) is 11.1 Å². The zero-order valence-corrected chi connectivity index (χ0v) is 5.31. The van der Waals surface area contributed by atoms with Crippen LogP contribution in [0.5, 0.6) is 0 Å². The summed E-state index contributed by atoms with van der Waals surface area (Å²) >= 11 is 0. The van der Waals surface area contributed by atoms with Gasteiger partial charge in [0.2, 0.25) is 0 Å². The van der Waals surface area contributed by atoms with Gasteiger partial charge in [-0.25, -0.2) is 0 Å². The summed E-state index contributed by atoms with van der Waals surface area (Å²) in [6.07, 6.45) is 1.13. The molecule has 8 heavy (non-hydrogen) atoms. The molecule has 1 rings (SSSR count). The zero-order chi connectivity index (χ0) is 6.04. The summed E-state index contributed by atoms with van der Waals surface area (Å²) in [4.78, 5) is 0. The smallest absolute Gasteiger partial charge is 0.0532 e. The van der Waals surface area contributed by atoms with Crippen molar-refractivity contribution in [3.63, 3.8) is 0 Å². The van der Waals surface area contributed by atoms with Gasteiger partial charge in [-0.3, -0.25) is 0 Å². The van der Waals surface area contributed by atoms with Crippen LogP contribution in [0.1, 0.15) is 13.3 Å². The van der Waals surface area contributed by atoms with E-state index in [-0.39, 0.29) is 0 Å². The van der Waals surface area contributed by atoms with Crippen LogP contribution in [0.25, 0.3) is 0 Å². The molecule has 48 valence electrons. The Morgan fingerprint density at radius 3 is 2.75 bits per heavy atom. The molecule has 0 saturated carbocycles. The molecule has 0 aromatic carbocycles. The highest BCUT2D eigenvalue weighted by atomic mass is 16.5. The summed E-state index contributed by atoms with van der Waals surface area (Å²) in [6.45, 7) is 4.67. The second-order valence-electron chi connectivity index (χ2n) is 2.82. The van der Waals surface area contributed by atoms with E-state index in [1.807, 2.05) is 0 Å². The van der Waals surface area contributed by atoms with Gasteiger partial charge < -0.3 is 10.5 Å². The van der Waals surface area contributed by atoms with E-state index in [0.29, 0.717) is 5.41 Å². The van der Waals surface area contributed by atoms with Crippen LogP contribution >= 0.6 is 0 Å². The van der Waals surface area contributed by atoms with E-state index in [1.54, 1.807) is 0 Å². The van der Waals surface area contributed by atoms with Crippen molar-refractivity contribution >= 4 is 0 Å². The molecule has 0 aromatic rings. The van der Waals surface area contributed by atoms with Gasteiger partial charge in [0.25, 0.3) is 0 Å². The van der Waals surface area contributed by atoms with Gasteiger partial charge in [0.05, 0.1) is 6.61 Å². The predicted octanol–water partition coefficient (Wildman–Crippen LogP) is 0.372. The average molecular weight is 115 g/mol. The van der Waals surface area contributed by atoms with E-state index < -0.39 is 0 Å². The molecule has 2 N–H and O–H groups in total. The SMILES string of the molecule is CC1(CN)CCOC1. The van der Waals surface area contributed by atoms with Crippen LogP contribution in [-0.2, 0) is 4.74 Å². The molecule has 1 atom stereocenters. The molecule has 1 aliphatic rings. The number of ether oxygens (including phenoxy) is 1. The first-order valence-electron chi connectivity index (χ1n) is 3.05. The number of nitrogens with two attached hydrogens (primary N) is 1. The average Bonchev–Trinajstić information content (AvgIpc) is 2.17. The molecule has 1 saturated heterocycles. The lowest BCUT2D eigenvalue weighted by Gasteiger charge is -2.17. The Morgan fingerprint density at radius 1 is 1.75 bits per heavy atom. The molecule has 0 bridgehead atoms. The van der Waals surface area contributed by atoms with Crippen LogP contribution in [0.4, 0.5) is 0 Å². The van der Waals surface area contributed by atoms with Crippen LogP contribution in [-0.4, -0.2) is 19.8 Å². The molecule has 1 fully saturated rings. The number of rotatable bonds is 1. The van der Waals surface area contributed by atoms with Gasteiger partial charge >= 0.3 is 0 Å². The van der Waals surface area contributed by atoms with Crippen LogP contribution in [0.3, 0.4) is 0 Å². The summed E-state index contributed by atoms with van der Waals surface area (Å²) in [5.74, 6) is 0. The first-order chi connectivity index (χ1) is 3.77. The van der Waals surface area contributed by atoms with Crippen molar-refractivity contribution in [3.05, 3.63) is 0 Å². The van der Waals surface area contributed by atoms with E-state index in [0.717, 1.165) is 26.2 Å². The number of hydrogen-bond donors (Lipinski definition) is 1. The fraction of sp³-hybridized carbons (Fsp3) is 1.00. The van der Waals surface area contributed by atoms with Crippen molar-refractivity contribution < 1.29 is 4.74 Å². The second kappa shape index (κ2) is 2.03. The van der Waals surface area contributed by atoms with Crippen LogP contribution in [0, 0.1) is 5.41 Å². The maximum Gasteiger partial charge on any atom is 0.0532 e. The highest BCUT2D eigenvalue weighted by Gasteiger charge is 2.27. The Labute approximate surface area is 50.0 Å². The largest absolute Gasteiger partial charge is 0.381 e. The summed E-state index contributed by atoms with van der Waals surface area (Å²) < 4.78 is 5.17. The lowest BCUT2D eigenvalue weighted by molar-refractivity contribution is 0.162. The third-order valence-corrected chi connectivity index (χ3v) is 1.79. The van der Waals surface area contributed by atoms with Crippen LogP contribution in [0.2, 0.25) is 0 Å². The highest BCUT2D eigenvalue weighted by molar-refractivity contribution is 4.78. The minimum atomic E-state index is 0.292. The van der Waals surface area contributed by atoms with E-state index in [2.05, 4.69) is 6.92 Å². The second-order valence-corrected chi connectivity index (χ2v) is 2.82. The molecule has 2 heteroatoms. The fourth-order valence-electron chi connectivity index (χ4n) is 0.870. The molecule has 1 aliphatic heterocycles. The van der Waals surface area contributed by atoms with Gasteiger partial charge in [-0.15, -0.1) is 0 Å². The first kappa shape index (κ1) is 6.05. The van der Waals surface area contributed by atoms with E-state index in [1.165, 1.54) is 0 Å². The molecule has 1 heterocycles. The lowest BCUT2D eigenvalue weighted by atomic mass is 9.91. The van der Waals surface area contributed by atoms with Gasteiger partial charge in [0, 0.05) is 12.0 Å². The third kappa shape index (κ3) is 1.01. The Bertz CT molecular complexity index is 76.6. The summed E-state index contributed by atoms with van der Waals surface area (Å²) in [5.41, 5.74) is 5.78. The summed E-state index contributed by atoms with van der Waals surface area (Å²) in [6, 6.07) is 0. The van der Waals surface area contributed by atoms with Crippen LogP contribution in [0.15, 0.2) is 0 Å². The number of hydrogen-bond acceptors (Lipinski definition) is 2. The van der Waals surface area contributed by atoms with Gasteiger partial charge in [-0.1, -0.05) is 6.92 Å².